The van der Waals surface area contributed by atoms with Crippen molar-refractivity contribution in [1.29, 1.82) is 0 Å². The van der Waals surface area contributed by atoms with Crippen LogP contribution in [-0.2, 0) is 11.3 Å². The van der Waals surface area contributed by atoms with Crippen LogP contribution in [0, 0.1) is 10.1 Å². The summed E-state index contributed by atoms with van der Waals surface area (Å²) >= 11 is 0. The maximum absolute atomic E-state index is 11.7. The number of nitrogens with zero attached hydrogens (tertiary/aromatic N) is 2. The van der Waals surface area contributed by atoms with E-state index in [2.05, 4.69) is 0 Å². The lowest BCUT2D eigenvalue weighted by molar-refractivity contribution is -0.384. The number of carbonyl (C=O) groups excluding carboxylic acids is 1. The maximum atomic E-state index is 11.7. The van der Waals surface area contributed by atoms with Crippen molar-refractivity contribution in [3.05, 3.63) is 39.9 Å². The molecule has 0 unspecified atom stereocenters. The van der Waals surface area contributed by atoms with Crippen LogP contribution < -0.4 is 5.73 Å². The van der Waals surface area contributed by atoms with Gasteiger partial charge in [-0.1, -0.05) is 12.1 Å². The van der Waals surface area contributed by atoms with E-state index in [0.717, 1.165) is 5.56 Å². The van der Waals surface area contributed by atoms with Crippen LogP contribution in [0.4, 0.5) is 5.69 Å². The normalized spacial score (nSPS) is 10.1. The van der Waals surface area contributed by atoms with Crippen LogP contribution in [0.3, 0.4) is 0 Å². The molecule has 1 amide bonds. The highest BCUT2D eigenvalue weighted by Crippen LogP contribution is 2.14. The minimum Gasteiger partial charge on any atom is -0.341 e. The van der Waals surface area contributed by atoms with Gasteiger partial charge in [-0.2, -0.15) is 0 Å². The van der Waals surface area contributed by atoms with E-state index < -0.39 is 4.92 Å². The number of amides is 1. The van der Waals surface area contributed by atoms with Gasteiger partial charge in [-0.25, -0.2) is 0 Å². The Balaban J connectivity index is 2.63. The third-order valence-corrected chi connectivity index (χ3v) is 2.56. The highest BCUT2D eigenvalue weighted by molar-refractivity contribution is 5.75. The fourth-order valence-corrected chi connectivity index (χ4v) is 1.57. The summed E-state index contributed by atoms with van der Waals surface area (Å²) in [5.74, 6) is -0.00745. The van der Waals surface area contributed by atoms with Gasteiger partial charge in [0.05, 0.1) is 4.92 Å². The molecular formula is C12H17N3O3. The van der Waals surface area contributed by atoms with Crippen molar-refractivity contribution in [2.45, 2.75) is 19.4 Å². The Hall–Kier alpha value is -1.95. The Morgan fingerprint density at radius 2 is 2.22 bits per heavy atom. The SMILES string of the molecule is CN(Cc1cccc([N+](=O)[O-])c1)C(=O)CCCN. The Kier molecular flexibility index (Phi) is 5.26. The third-order valence-electron chi connectivity index (χ3n) is 2.56. The standard InChI is InChI=1S/C12H17N3O3/c1-14(12(16)6-3-7-13)9-10-4-2-5-11(8-10)15(17)18/h2,4-5,8H,3,6-7,9,13H2,1H3. The lowest BCUT2D eigenvalue weighted by atomic mass is 10.2. The Morgan fingerprint density at radius 1 is 1.50 bits per heavy atom. The number of nitro groups is 1. The van der Waals surface area contributed by atoms with Crippen molar-refractivity contribution in [1.82, 2.24) is 4.90 Å². The van der Waals surface area contributed by atoms with Crippen LogP contribution in [0.15, 0.2) is 24.3 Å². The van der Waals surface area contributed by atoms with E-state index in [1.54, 1.807) is 24.1 Å². The molecule has 0 aliphatic rings. The van der Waals surface area contributed by atoms with Crippen molar-refractivity contribution in [3.63, 3.8) is 0 Å². The number of carbonyl (C=O) groups is 1. The van der Waals surface area contributed by atoms with Gasteiger partial charge in [-0.3, -0.25) is 14.9 Å². The molecule has 0 bridgehead atoms. The molecule has 0 heterocycles. The van der Waals surface area contributed by atoms with E-state index in [4.69, 9.17) is 5.73 Å². The molecule has 0 aliphatic heterocycles. The first-order chi connectivity index (χ1) is 8.54. The second kappa shape index (κ2) is 6.70. The molecule has 0 fully saturated rings. The molecule has 18 heavy (non-hydrogen) atoms. The average molecular weight is 251 g/mol. The topological polar surface area (TPSA) is 89.5 Å². The summed E-state index contributed by atoms with van der Waals surface area (Å²) in [6, 6.07) is 6.29. The summed E-state index contributed by atoms with van der Waals surface area (Å²) in [7, 11) is 1.68. The van der Waals surface area contributed by atoms with Crippen molar-refractivity contribution in [3.8, 4) is 0 Å². The third kappa shape index (κ3) is 4.14. The second-order valence-electron chi connectivity index (χ2n) is 4.07. The summed E-state index contributed by atoms with van der Waals surface area (Å²) in [4.78, 5) is 23.4. The molecule has 1 aromatic rings. The summed E-state index contributed by atoms with van der Waals surface area (Å²) in [5, 5.41) is 10.6. The predicted molar refractivity (Wildman–Crippen MR) is 67.9 cm³/mol. The summed E-state index contributed by atoms with van der Waals surface area (Å²) < 4.78 is 0. The van der Waals surface area contributed by atoms with E-state index in [1.165, 1.54) is 12.1 Å². The van der Waals surface area contributed by atoms with Crippen LogP contribution in [0.1, 0.15) is 18.4 Å². The number of rotatable bonds is 6. The van der Waals surface area contributed by atoms with E-state index in [0.29, 0.717) is 25.9 Å². The molecule has 0 aromatic heterocycles. The van der Waals surface area contributed by atoms with Gasteiger partial charge in [0.25, 0.3) is 5.69 Å². The molecule has 1 aromatic carbocycles. The first-order valence-corrected chi connectivity index (χ1v) is 5.72. The maximum Gasteiger partial charge on any atom is 0.269 e. The molecule has 6 heteroatoms. The zero-order valence-electron chi connectivity index (χ0n) is 10.3. The van der Waals surface area contributed by atoms with Gasteiger partial charge in [-0.05, 0) is 18.5 Å². The highest BCUT2D eigenvalue weighted by atomic mass is 16.6. The molecule has 0 spiro atoms. The summed E-state index contributed by atoms with van der Waals surface area (Å²) in [6.07, 6.45) is 1.06. The molecule has 6 nitrogen and oxygen atoms in total. The molecule has 1 rings (SSSR count). The minimum atomic E-state index is -0.445. The number of hydrogen-bond donors (Lipinski definition) is 1. The van der Waals surface area contributed by atoms with Gasteiger partial charge in [0.1, 0.15) is 0 Å². The van der Waals surface area contributed by atoms with E-state index in [-0.39, 0.29) is 11.6 Å². The molecule has 0 aliphatic carbocycles. The van der Waals surface area contributed by atoms with Gasteiger partial charge in [0, 0.05) is 32.1 Å². The fraction of sp³-hybridized carbons (Fsp3) is 0.417. The number of hydrogen-bond acceptors (Lipinski definition) is 4. The van der Waals surface area contributed by atoms with E-state index in [1.807, 2.05) is 0 Å². The van der Waals surface area contributed by atoms with Crippen LogP contribution in [0.2, 0.25) is 0 Å². The lowest BCUT2D eigenvalue weighted by Crippen LogP contribution is -2.26. The minimum absolute atomic E-state index is 0.00745. The van der Waals surface area contributed by atoms with E-state index >= 15 is 0 Å². The zero-order valence-corrected chi connectivity index (χ0v) is 10.3. The smallest absolute Gasteiger partial charge is 0.269 e. The highest BCUT2D eigenvalue weighted by Gasteiger charge is 2.11. The summed E-state index contributed by atoms with van der Waals surface area (Å²) in [5.41, 5.74) is 6.12. The molecule has 98 valence electrons. The largest absolute Gasteiger partial charge is 0.341 e. The Morgan fingerprint density at radius 3 is 2.83 bits per heavy atom. The lowest BCUT2D eigenvalue weighted by Gasteiger charge is -2.16. The molecule has 0 saturated carbocycles. The summed E-state index contributed by atoms with van der Waals surface area (Å²) in [6.45, 7) is 0.849. The van der Waals surface area contributed by atoms with Crippen LogP contribution in [-0.4, -0.2) is 29.3 Å². The van der Waals surface area contributed by atoms with Crippen LogP contribution >= 0.6 is 0 Å². The van der Waals surface area contributed by atoms with Gasteiger partial charge in [-0.15, -0.1) is 0 Å². The number of non-ortho nitro benzene ring substituents is 1. The molecule has 0 atom stereocenters. The second-order valence-corrected chi connectivity index (χ2v) is 4.07. The Bertz CT molecular complexity index is 434. The van der Waals surface area contributed by atoms with Gasteiger partial charge < -0.3 is 10.6 Å². The van der Waals surface area contributed by atoms with E-state index in [9.17, 15) is 14.9 Å². The molecular weight excluding hydrogens is 234 g/mol. The fourth-order valence-electron chi connectivity index (χ4n) is 1.57. The molecule has 0 saturated heterocycles. The monoisotopic (exact) mass is 251 g/mol. The quantitative estimate of drug-likeness (QED) is 0.609. The van der Waals surface area contributed by atoms with Gasteiger partial charge in [0.15, 0.2) is 0 Å². The first-order valence-electron chi connectivity index (χ1n) is 5.72. The van der Waals surface area contributed by atoms with Crippen molar-refractivity contribution < 1.29 is 9.72 Å². The number of nitrogens with two attached hydrogens (primary N) is 1. The van der Waals surface area contributed by atoms with Gasteiger partial charge in [0.2, 0.25) is 5.91 Å². The number of nitro benzene ring substituents is 1. The van der Waals surface area contributed by atoms with Crippen LogP contribution in [0.25, 0.3) is 0 Å². The van der Waals surface area contributed by atoms with Gasteiger partial charge >= 0.3 is 0 Å². The first kappa shape index (κ1) is 14.1. The molecule has 2 N–H and O–H groups in total. The van der Waals surface area contributed by atoms with Crippen molar-refractivity contribution in [2.75, 3.05) is 13.6 Å². The number of benzene rings is 1. The van der Waals surface area contributed by atoms with Crippen molar-refractivity contribution in [2.24, 2.45) is 5.73 Å². The van der Waals surface area contributed by atoms with Crippen LogP contribution in [0.5, 0.6) is 0 Å². The molecule has 0 radical (unpaired) electrons. The average Bonchev–Trinajstić information content (AvgIpc) is 2.36. The van der Waals surface area contributed by atoms with Crippen molar-refractivity contribution >= 4 is 11.6 Å². The predicted octanol–water partition coefficient (Wildman–Crippen LogP) is 1.29. The zero-order chi connectivity index (χ0) is 13.5. The Labute approximate surface area is 106 Å².